The number of carbonyl (C=O) groups is 1. The van der Waals surface area contributed by atoms with E-state index in [-0.39, 0.29) is 11.5 Å². The predicted molar refractivity (Wildman–Crippen MR) is 123 cm³/mol. The predicted octanol–water partition coefficient (Wildman–Crippen LogP) is 5.00. The minimum atomic E-state index is -0.0470. The summed E-state index contributed by atoms with van der Waals surface area (Å²) in [5.74, 6) is 0.462. The molecule has 3 heterocycles. The zero-order valence-electron chi connectivity index (χ0n) is 16.7. The van der Waals surface area contributed by atoms with Crippen LogP contribution in [0.25, 0.3) is 20.7 Å². The molecule has 4 rings (SSSR count). The fourth-order valence-electron chi connectivity index (χ4n) is 4.04. The van der Waals surface area contributed by atoms with Crippen LogP contribution in [0.15, 0.2) is 32.8 Å². The summed E-state index contributed by atoms with van der Waals surface area (Å²) in [6.07, 6.45) is 5.90. The SMILES string of the molecule is CCN(C(=O)CSc1nc2scc(-c3cccs3)c2c(=O)n1C)C1CCCCC1. The molecule has 0 saturated heterocycles. The van der Waals surface area contributed by atoms with Crippen LogP contribution < -0.4 is 5.56 Å². The number of rotatable bonds is 6. The van der Waals surface area contributed by atoms with Crippen molar-refractivity contribution in [2.24, 2.45) is 7.05 Å². The van der Waals surface area contributed by atoms with Gasteiger partial charge in [-0.25, -0.2) is 4.98 Å². The third-order valence-corrected chi connectivity index (χ3v) is 8.35. The fourth-order valence-corrected chi connectivity index (χ4v) is 6.70. The lowest BCUT2D eigenvalue weighted by Crippen LogP contribution is -2.42. The minimum Gasteiger partial charge on any atom is -0.339 e. The summed E-state index contributed by atoms with van der Waals surface area (Å²) in [5, 5.41) is 5.30. The summed E-state index contributed by atoms with van der Waals surface area (Å²) in [7, 11) is 1.75. The molecular formula is C21H25N3O2S3. The Hall–Kier alpha value is -1.64. The molecule has 1 aliphatic carbocycles. The fraction of sp³-hybridized carbons (Fsp3) is 0.476. The molecule has 0 radical (unpaired) electrons. The minimum absolute atomic E-state index is 0.0470. The van der Waals surface area contributed by atoms with Gasteiger partial charge in [0.05, 0.1) is 11.1 Å². The number of hydrogen-bond acceptors (Lipinski definition) is 6. The average Bonchev–Trinajstić information content (AvgIpc) is 3.40. The highest BCUT2D eigenvalue weighted by Gasteiger charge is 2.24. The summed E-state index contributed by atoms with van der Waals surface area (Å²) in [5.41, 5.74) is 0.907. The van der Waals surface area contributed by atoms with E-state index in [0.717, 1.165) is 34.7 Å². The normalized spacial score (nSPS) is 15.1. The molecule has 5 nitrogen and oxygen atoms in total. The van der Waals surface area contributed by atoms with Crippen LogP contribution in [0.1, 0.15) is 39.0 Å². The Morgan fingerprint density at radius 3 is 2.79 bits per heavy atom. The molecule has 0 spiro atoms. The quantitative estimate of drug-likeness (QED) is 0.394. The Labute approximate surface area is 182 Å². The third-order valence-electron chi connectivity index (χ3n) is 5.56. The van der Waals surface area contributed by atoms with Gasteiger partial charge in [-0.1, -0.05) is 37.1 Å². The van der Waals surface area contributed by atoms with Crippen molar-refractivity contribution in [3.63, 3.8) is 0 Å². The van der Waals surface area contributed by atoms with Crippen LogP contribution in [0.5, 0.6) is 0 Å². The van der Waals surface area contributed by atoms with Gasteiger partial charge in [-0.05, 0) is 31.2 Å². The maximum atomic E-state index is 13.0. The van der Waals surface area contributed by atoms with Crippen molar-refractivity contribution in [2.75, 3.05) is 12.3 Å². The molecule has 0 N–H and O–H groups in total. The summed E-state index contributed by atoms with van der Waals surface area (Å²) >= 11 is 4.48. The Morgan fingerprint density at radius 1 is 1.31 bits per heavy atom. The number of hydrogen-bond donors (Lipinski definition) is 0. The Kier molecular flexibility index (Phi) is 6.41. The molecule has 0 aliphatic heterocycles. The van der Waals surface area contributed by atoms with Gasteiger partial charge in [0.25, 0.3) is 5.56 Å². The topological polar surface area (TPSA) is 55.2 Å². The molecule has 3 aromatic rings. The first-order valence-corrected chi connectivity index (χ1v) is 12.8. The summed E-state index contributed by atoms with van der Waals surface area (Å²) in [6, 6.07) is 4.38. The zero-order chi connectivity index (χ0) is 20.4. The second-order valence-corrected chi connectivity index (χ2v) is 10.1. The second-order valence-electron chi connectivity index (χ2n) is 7.33. The van der Waals surface area contributed by atoms with Gasteiger partial charge in [0.2, 0.25) is 5.91 Å². The first-order chi connectivity index (χ1) is 14.1. The Bertz CT molecular complexity index is 1050. The largest absolute Gasteiger partial charge is 0.339 e. The molecule has 0 aromatic carbocycles. The average molecular weight is 448 g/mol. The second kappa shape index (κ2) is 9.02. The lowest BCUT2D eigenvalue weighted by Gasteiger charge is -2.33. The summed E-state index contributed by atoms with van der Waals surface area (Å²) < 4.78 is 1.58. The van der Waals surface area contributed by atoms with E-state index in [4.69, 9.17) is 4.98 Å². The third kappa shape index (κ3) is 4.15. The number of fused-ring (bicyclic) bond motifs is 1. The molecule has 1 amide bonds. The number of carbonyl (C=O) groups excluding carboxylic acids is 1. The van der Waals surface area contributed by atoms with Crippen molar-refractivity contribution < 1.29 is 4.79 Å². The van der Waals surface area contributed by atoms with E-state index in [1.807, 2.05) is 27.8 Å². The molecule has 3 aromatic heterocycles. The van der Waals surface area contributed by atoms with Gasteiger partial charge in [-0.15, -0.1) is 22.7 Å². The molecule has 1 saturated carbocycles. The number of thiophene rings is 2. The van der Waals surface area contributed by atoms with Crippen LogP contribution >= 0.6 is 34.4 Å². The maximum absolute atomic E-state index is 13.0. The highest BCUT2D eigenvalue weighted by molar-refractivity contribution is 7.99. The molecule has 8 heteroatoms. The lowest BCUT2D eigenvalue weighted by atomic mass is 9.94. The molecule has 0 bridgehead atoms. The van der Waals surface area contributed by atoms with Gasteiger partial charge < -0.3 is 4.90 Å². The summed E-state index contributed by atoms with van der Waals surface area (Å²) in [4.78, 5) is 34.4. The first-order valence-electron chi connectivity index (χ1n) is 10.0. The number of aromatic nitrogens is 2. The van der Waals surface area contributed by atoms with Crippen molar-refractivity contribution >= 4 is 50.6 Å². The monoisotopic (exact) mass is 447 g/mol. The summed E-state index contributed by atoms with van der Waals surface area (Å²) in [6.45, 7) is 2.79. The molecular weight excluding hydrogens is 422 g/mol. The van der Waals surface area contributed by atoms with Crippen LogP contribution in [-0.2, 0) is 11.8 Å². The van der Waals surface area contributed by atoms with Crippen molar-refractivity contribution in [2.45, 2.75) is 50.2 Å². The zero-order valence-corrected chi connectivity index (χ0v) is 19.2. The van der Waals surface area contributed by atoms with E-state index in [2.05, 4.69) is 6.92 Å². The van der Waals surface area contributed by atoms with Crippen LogP contribution in [0, 0.1) is 0 Å². The maximum Gasteiger partial charge on any atom is 0.263 e. The van der Waals surface area contributed by atoms with Crippen molar-refractivity contribution in [3.8, 4) is 10.4 Å². The van der Waals surface area contributed by atoms with Gasteiger partial charge in [-0.2, -0.15) is 0 Å². The highest BCUT2D eigenvalue weighted by Crippen LogP contribution is 2.34. The number of thioether (sulfide) groups is 1. The Balaban J connectivity index is 1.54. The van der Waals surface area contributed by atoms with Gasteiger partial charge in [-0.3, -0.25) is 14.2 Å². The van der Waals surface area contributed by atoms with Crippen molar-refractivity contribution in [3.05, 3.63) is 33.2 Å². The smallest absolute Gasteiger partial charge is 0.263 e. The molecule has 0 atom stereocenters. The lowest BCUT2D eigenvalue weighted by molar-refractivity contribution is -0.131. The highest BCUT2D eigenvalue weighted by atomic mass is 32.2. The van der Waals surface area contributed by atoms with Gasteiger partial charge in [0, 0.05) is 35.5 Å². The van der Waals surface area contributed by atoms with Gasteiger partial charge in [0.15, 0.2) is 5.16 Å². The Morgan fingerprint density at radius 2 is 2.10 bits per heavy atom. The van der Waals surface area contributed by atoms with Crippen LogP contribution in [0.3, 0.4) is 0 Å². The van der Waals surface area contributed by atoms with Gasteiger partial charge >= 0.3 is 0 Å². The van der Waals surface area contributed by atoms with E-state index < -0.39 is 0 Å². The molecule has 29 heavy (non-hydrogen) atoms. The number of amides is 1. The van der Waals surface area contributed by atoms with Crippen LogP contribution in [0.4, 0.5) is 0 Å². The van der Waals surface area contributed by atoms with Crippen LogP contribution in [-0.4, -0.2) is 38.7 Å². The van der Waals surface area contributed by atoms with Crippen molar-refractivity contribution in [1.29, 1.82) is 0 Å². The molecule has 1 fully saturated rings. The molecule has 0 unspecified atom stereocenters. The molecule has 154 valence electrons. The van der Waals surface area contributed by atoms with E-state index in [1.54, 1.807) is 23.0 Å². The van der Waals surface area contributed by atoms with Gasteiger partial charge in [0.1, 0.15) is 4.83 Å². The standard InChI is InChI=1S/C21H25N3O2S3/c1-3-24(14-8-5-4-6-9-14)17(25)13-29-21-22-19-18(20(26)23(21)2)15(12-28-19)16-10-7-11-27-16/h7,10-12,14H,3-6,8-9,13H2,1-2H3. The molecule has 1 aliphatic rings. The van der Waals surface area contributed by atoms with E-state index >= 15 is 0 Å². The number of nitrogens with zero attached hydrogens (tertiary/aromatic N) is 3. The van der Waals surface area contributed by atoms with E-state index in [9.17, 15) is 9.59 Å². The van der Waals surface area contributed by atoms with E-state index in [0.29, 0.717) is 22.3 Å². The van der Waals surface area contributed by atoms with E-state index in [1.165, 1.54) is 42.4 Å². The van der Waals surface area contributed by atoms with Crippen molar-refractivity contribution in [1.82, 2.24) is 14.5 Å². The first kappa shape index (κ1) is 20.6. The van der Waals surface area contributed by atoms with Crippen LogP contribution in [0.2, 0.25) is 0 Å².